The Morgan fingerprint density at radius 1 is 0.846 bits per heavy atom. The van der Waals surface area contributed by atoms with Crippen LogP contribution in [0.15, 0.2) is 60.9 Å². The number of anilines is 1. The summed E-state index contributed by atoms with van der Waals surface area (Å²) in [6, 6.07) is 16.4. The zero-order valence-electron chi connectivity index (χ0n) is 14.4. The van der Waals surface area contributed by atoms with Crippen molar-refractivity contribution in [2.24, 2.45) is 0 Å². The fourth-order valence-electron chi connectivity index (χ4n) is 3.57. The number of nitrogens with one attached hydrogen (secondary N) is 1. The van der Waals surface area contributed by atoms with Crippen molar-refractivity contribution in [3.05, 3.63) is 60.9 Å². The molecule has 128 valence electrons. The van der Waals surface area contributed by atoms with E-state index < -0.39 is 0 Å². The van der Waals surface area contributed by atoms with Crippen LogP contribution in [0.4, 0.5) is 5.82 Å². The molecule has 0 radical (unpaired) electrons. The van der Waals surface area contributed by atoms with E-state index in [-0.39, 0.29) is 0 Å². The van der Waals surface area contributed by atoms with Gasteiger partial charge in [0.1, 0.15) is 11.5 Å². The topological polar surface area (TPSA) is 57.7 Å². The Hall–Kier alpha value is -3.21. The van der Waals surface area contributed by atoms with E-state index in [2.05, 4.69) is 45.2 Å². The molecule has 4 heterocycles. The maximum Gasteiger partial charge on any atom is 0.164 e. The third kappa shape index (κ3) is 2.62. The molecule has 1 aliphatic rings. The van der Waals surface area contributed by atoms with Gasteiger partial charge in [0.2, 0.25) is 0 Å². The van der Waals surface area contributed by atoms with Gasteiger partial charge in [0.05, 0.1) is 5.39 Å². The molecule has 0 spiro atoms. The first kappa shape index (κ1) is 15.1. The second-order valence-corrected chi connectivity index (χ2v) is 6.61. The maximum atomic E-state index is 4.93. The molecule has 4 aromatic rings. The standard InChI is InChI=1S/C21H19N5/c1-2-6-15(7-3-1)18-14-17-20(23-18)24-19(16-8-10-22-11-9-16)25-21(17)26-12-4-5-13-26/h1-3,6-11,14H,4-5,12-13H2,(H,23,24,25). The minimum absolute atomic E-state index is 0.739. The Bertz CT molecular complexity index is 1030. The van der Waals surface area contributed by atoms with Gasteiger partial charge < -0.3 is 9.88 Å². The van der Waals surface area contributed by atoms with Crippen molar-refractivity contribution in [2.75, 3.05) is 18.0 Å². The lowest BCUT2D eigenvalue weighted by Gasteiger charge is -2.18. The molecule has 5 heteroatoms. The molecule has 26 heavy (non-hydrogen) atoms. The fourth-order valence-corrected chi connectivity index (χ4v) is 3.57. The molecule has 1 aliphatic heterocycles. The van der Waals surface area contributed by atoms with Crippen LogP contribution in [0.2, 0.25) is 0 Å². The maximum absolute atomic E-state index is 4.93. The highest BCUT2D eigenvalue weighted by atomic mass is 15.2. The van der Waals surface area contributed by atoms with Crippen molar-refractivity contribution < 1.29 is 0 Å². The van der Waals surface area contributed by atoms with Gasteiger partial charge in [0.15, 0.2) is 5.82 Å². The van der Waals surface area contributed by atoms with E-state index in [1.165, 1.54) is 12.8 Å². The number of hydrogen-bond donors (Lipinski definition) is 1. The van der Waals surface area contributed by atoms with Crippen LogP contribution in [0.25, 0.3) is 33.7 Å². The summed E-state index contributed by atoms with van der Waals surface area (Å²) >= 11 is 0. The van der Waals surface area contributed by atoms with Gasteiger partial charge in [-0.2, -0.15) is 0 Å². The van der Waals surface area contributed by atoms with Gasteiger partial charge in [-0.15, -0.1) is 0 Å². The van der Waals surface area contributed by atoms with Crippen LogP contribution in [-0.4, -0.2) is 33.0 Å². The highest BCUT2D eigenvalue weighted by Gasteiger charge is 2.20. The van der Waals surface area contributed by atoms with E-state index in [9.17, 15) is 0 Å². The van der Waals surface area contributed by atoms with Gasteiger partial charge in [0.25, 0.3) is 0 Å². The Kier molecular flexibility index (Phi) is 3.63. The minimum Gasteiger partial charge on any atom is -0.356 e. The van der Waals surface area contributed by atoms with Crippen LogP contribution in [0, 0.1) is 0 Å². The van der Waals surface area contributed by atoms with E-state index in [1.54, 1.807) is 12.4 Å². The molecule has 0 atom stereocenters. The van der Waals surface area contributed by atoms with E-state index in [1.807, 2.05) is 18.2 Å². The Morgan fingerprint density at radius 2 is 1.62 bits per heavy atom. The van der Waals surface area contributed by atoms with Crippen molar-refractivity contribution in [3.8, 4) is 22.6 Å². The van der Waals surface area contributed by atoms with Crippen LogP contribution in [0.5, 0.6) is 0 Å². The van der Waals surface area contributed by atoms with E-state index >= 15 is 0 Å². The number of benzene rings is 1. The molecule has 0 unspecified atom stereocenters. The number of aromatic amines is 1. The van der Waals surface area contributed by atoms with Gasteiger partial charge in [-0.25, -0.2) is 9.97 Å². The quantitative estimate of drug-likeness (QED) is 0.604. The van der Waals surface area contributed by atoms with Crippen LogP contribution in [0.1, 0.15) is 12.8 Å². The average Bonchev–Trinajstić information content (AvgIpc) is 3.38. The molecule has 1 fully saturated rings. The van der Waals surface area contributed by atoms with Crippen LogP contribution < -0.4 is 4.90 Å². The van der Waals surface area contributed by atoms with Crippen LogP contribution in [-0.2, 0) is 0 Å². The van der Waals surface area contributed by atoms with Gasteiger partial charge in [-0.05, 0) is 36.6 Å². The summed E-state index contributed by atoms with van der Waals surface area (Å²) in [6.45, 7) is 2.10. The number of pyridine rings is 1. The monoisotopic (exact) mass is 341 g/mol. The van der Waals surface area contributed by atoms with Gasteiger partial charge in [0, 0.05) is 36.7 Å². The molecule has 5 nitrogen and oxygen atoms in total. The lowest BCUT2D eigenvalue weighted by Crippen LogP contribution is -2.19. The predicted octanol–water partition coefficient (Wildman–Crippen LogP) is 4.29. The van der Waals surface area contributed by atoms with Crippen molar-refractivity contribution in [3.63, 3.8) is 0 Å². The number of H-pyrrole nitrogens is 1. The first-order valence-electron chi connectivity index (χ1n) is 9.00. The van der Waals surface area contributed by atoms with Gasteiger partial charge >= 0.3 is 0 Å². The third-order valence-corrected chi connectivity index (χ3v) is 4.90. The molecule has 1 N–H and O–H groups in total. The lowest BCUT2D eigenvalue weighted by atomic mass is 10.1. The van der Waals surface area contributed by atoms with Crippen molar-refractivity contribution in [1.82, 2.24) is 19.9 Å². The van der Waals surface area contributed by atoms with Crippen LogP contribution >= 0.6 is 0 Å². The summed E-state index contributed by atoms with van der Waals surface area (Å²) in [7, 11) is 0. The van der Waals surface area contributed by atoms with Gasteiger partial charge in [-0.3, -0.25) is 4.98 Å². The minimum atomic E-state index is 0.739. The van der Waals surface area contributed by atoms with E-state index in [0.717, 1.165) is 52.6 Å². The van der Waals surface area contributed by atoms with Crippen molar-refractivity contribution >= 4 is 16.9 Å². The molecule has 0 amide bonds. The molecule has 0 bridgehead atoms. The molecule has 5 rings (SSSR count). The van der Waals surface area contributed by atoms with E-state index in [0.29, 0.717) is 0 Å². The van der Waals surface area contributed by atoms with Crippen molar-refractivity contribution in [1.29, 1.82) is 0 Å². The molecular weight excluding hydrogens is 322 g/mol. The number of fused-ring (bicyclic) bond motifs is 1. The molecule has 3 aromatic heterocycles. The smallest absolute Gasteiger partial charge is 0.164 e. The van der Waals surface area contributed by atoms with Crippen LogP contribution in [0.3, 0.4) is 0 Å². The van der Waals surface area contributed by atoms with E-state index in [4.69, 9.17) is 9.97 Å². The molecule has 1 aromatic carbocycles. The second-order valence-electron chi connectivity index (χ2n) is 6.61. The summed E-state index contributed by atoms with van der Waals surface area (Å²) in [5, 5.41) is 1.09. The highest BCUT2D eigenvalue weighted by Crippen LogP contribution is 2.32. The summed E-state index contributed by atoms with van der Waals surface area (Å²) in [5.74, 6) is 1.76. The third-order valence-electron chi connectivity index (χ3n) is 4.90. The average molecular weight is 341 g/mol. The Morgan fingerprint density at radius 3 is 2.38 bits per heavy atom. The first-order chi connectivity index (χ1) is 12.9. The number of nitrogens with zero attached hydrogens (tertiary/aromatic N) is 4. The fraction of sp³-hybridized carbons (Fsp3) is 0.190. The first-order valence-corrected chi connectivity index (χ1v) is 9.00. The van der Waals surface area contributed by atoms with Gasteiger partial charge in [-0.1, -0.05) is 30.3 Å². The molecular formula is C21H19N5. The summed E-state index contributed by atoms with van der Waals surface area (Å²) in [5.41, 5.74) is 4.09. The normalized spacial score (nSPS) is 14.2. The number of hydrogen-bond acceptors (Lipinski definition) is 4. The van der Waals surface area contributed by atoms with Crippen molar-refractivity contribution in [2.45, 2.75) is 12.8 Å². The highest BCUT2D eigenvalue weighted by molar-refractivity contribution is 5.93. The largest absolute Gasteiger partial charge is 0.356 e. The summed E-state index contributed by atoms with van der Waals surface area (Å²) in [4.78, 5) is 19.7. The summed E-state index contributed by atoms with van der Waals surface area (Å²) < 4.78 is 0. The zero-order chi connectivity index (χ0) is 17.3. The molecule has 1 saturated heterocycles. The Labute approximate surface area is 151 Å². The molecule has 0 saturated carbocycles. The SMILES string of the molecule is c1ccc(-c2cc3c(N4CCCC4)nc(-c4ccncc4)nc3[nH]2)cc1. The summed E-state index contributed by atoms with van der Waals surface area (Å²) in [6.07, 6.45) is 5.99. The lowest BCUT2D eigenvalue weighted by molar-refractivity contribution is 0.941. The number of rotatable bonds is 3. The predicted molar refractivity (Wildman–Crippen MR) is 104 cm³/mol. The number of aromatic nitrogens is 4. The molecule has 0 aliphatic carbocycles. The Balaban J connectivity index is 1.71. The second kappa shape index (κ2) is 6.26. The zero-order valence-corrected chi connectivity index (χ0v) is 14.4.